The summed E-state index contributed by atoms with van der Waals surface area (Å²) in [4.78, 5) is 22.2. The molecule has 5 rings (SSSR count). The lowest BCUT2D eigenvalue weighted by Crippen LogP contribution is -2.45. The molecule has 1 saturated heterocycles. The van der Waals surface area contributed by atoms with Gasteiger partial charge in [-0.1, -0.05) is 13.0 Å². The number of hydrogen-bond acceptors (Lipinski definition) is 8. The number of aryl methyl sites for hydroxylation is 1. The maximum absolute atomic E-state index is 15.1. The Bertz CT molecular complexity index is 1430. The monoisotopic (exact) mass is 535 g/mol. The van der Waals surface area contributed by atoms with E-state index in [0.717, 1.165) is 51.0 Å². The topological polar surface area (TPSA) is 78.2 Å². The highest BCUT2D eigenvalue weighted by molar-refractivity contribution is 5.83. The number of likely N-dealkylation sites (N-methyl/N-ethyl adjacent to an activating group) is 1. The minimum absolute atomic E-state index is 0.00101. The Morgan fingerprint density at radius 2 is 1.64 bits per heavy atom. The summed E-state index contributed by atoms with van der Waals surface area (Å²) in [6.45, 7) is 15.7. The lowest BCUT2D eigenvalue weighted by Gasteiger charge is -2.33. The number of piperazine rings is 1. The Kier molecular flexibility index (Phi) is 7.99. The van der Waals surface area contributed by atoms with Crippen LogP contribution in [0.5, 0.6) is 0 Å². The van der Waals surface area contributed by atoms with Crippen LogP contribution in [0.3, 0.4) is 0 Å². The average Bonchev–Trinajstić information content (AvgIpc) is 3.28. The van der Waals surface area contributed by atoms with Crippen molar-refractivity contribution in [1.29, 1.82) is 0 Å². The molecule has 9 nitrogen and oxygen atoms in total. The van der Waals surface area contributed by atoms with Crippen molar-refractivity contribution in [3.05, 3.63) is 59.7 Å². The number of nitrogens with zero attached hydrogens (tertiary/aromatic N) is 8. The zero-order valence-corrected chi connectivity index (χ0v) is 23.0. The second-order valence-electron chi connectivity index (χ2n) is 9.71. The van der Waals surface area contributed by atoms with Crippen molar-refractivity contribution in [2.75, 3.05) is 56.1 Å². The van der Waals surface area contributed by atoms with Gasteiger partial charge in [0.25, 0.3) is 0 Å². The summed E-state index contributed by atoms with van der Waals surface area (Å²) in [7, 11) is 0. The van der Waals surface area contributed by atoms with E-state index < -0.39 is 11.6 Å². The zero-order valence-electron chi connectivity index (χ0n) is 23.0. The minimum Gasteiger partial charge on any atom is -0.312 e. The predicted molar refractivity (Wildman–Crippen MR) is 150 cm³/mol. The third kappa shape index (κ3) is 5.69. The molecule has 0 spiro atoms. The molecule has 0 aliphatic carbocycles. The van der Waals surface area contributed by atoms with E-state index in [4.69, 9.17) is 0 Å². The number of aromatic nitrogens is 5. The van der Waals surface area contributed by atoms with Gasteiger partial charge in [0.2, 0.25) is 5.95 Å². The highest BCUT2D eigenvalue weighted by Crippen LogP contribution is 2.29. The molecule has 11 heteroatoms. The van der Waals surface area contributed by atoms with E-state index in [0.29, 0.717) is 35.8 Å². The van der Waals surface area contributed by atoms with Crippen molar-refractivity contribution in [3.63, 3.8) is 0 Å². The van der Waals surface area contributed by atoms with E-state index in [1.807, 2.05) is 48.8 Å². The van der Waals surface area contributed by atoms with Crippen LogP contribution in [0.25, 0.3) is 22.3 Å². The Balaban J connectivity index is 1.36. The van der Waals surface area contributed by atoms with Gasteiger partial charge >= 0.3 is 0 Å². The largest absolute Gasteiger partial charge is 0.312 e. The number of anilines is 2. The molecule has 1 aliphatic heterocycles. The van der Waals surface area contributed by atoms with Crippen LogP contribution in [0.1, 0.15) is 32.2 Å². The van der Waals surface area contributed by atoms with Gasteiger partial charge in [0.1, 0.15) is 22.9 Å². The third-order valence-electron chi connectivity index (χ3n) is 7.26. The number of benzene rings is 1. The van der Waals surface area contributed by atoms with Crippen LogP contribution >= 0.6 is 0 Å². The molecular weight excluding hydrogens is 500 g/mol. The molecule has 0 atom stereocenters. The minimum atomic E-state index is -0.642. The number of pyridine rings is 1. The second-order valence-corrected chi connectivity index (χ2v) is 9.71. The molecule has 1 aromatic carbocycles. The summed E-state index contributed by atoms with van der Waals surface area (Å²) in [5, 5.41) is 5.09. The Hall–Kier alpha value is -3.70. The van der Waals surface area contributed by atoms with E-state index >= 15 is 4.39 Å². The smallest absolute Gasteiger partial charge is 0.229 e. The molecule has 0 bridgehead atoms. The molecule has 4 heterocycles. The summed E-state index contributed by atoms with van der Waals surface area (Å²) in [6, 6.07) is 6.87. The van der Waals surface area contributed by atoms with Crippen LogP contribution in [-0.2, 0) is 6.54 Å². The number of imidazole rings is 1. The van der Waals surface area contributed by atoms with Gasteiger partial charge in [-0.25, -0.2) is 33.4 Å². The molecule has 0 radical (unpaired) electrons. The molecule has 206 valence electrons. The number of nitrogens with one attached hydrogen (secondary N) is 1. The second kappa shape index (κ2) is 11.6. The van der Waals surface area contributed by atoms with Crippen LogP contribution in [0.2, 0.25) is 0 Å². The highest BCUT2D eigenvalue weighted by Gasteiger charge is 2.20. The highest BCUT2D eigenvalue weighted by atomic mass is 19.1. The van der Waals surface area contributed by atoms with E-state index in [-0.39, 0.29) is 17.2 Å². The molecule has 1 fully saturated rings. The van der Waals surface area contributed by atoms with Gasteiger partial charge in [0.15, 0.2) is 11.6 Å². The fourth-order valence-corrected chi connectivity index (χ4v) is 5.10. The van der Waals surface area contributed by atoms with Gasteiger partial charge in [-0.05, 0) is 51.1 Å². The quantitative estimate of drug-likeness (QED) is 0.339. The van der Waals surface area contributed by atoms with Crippen molar-refractivity contribution in [2.45, 2.75) is 34.2 Å². The molecule has 4 aromatic rings. The third-order valence-corrected chi connectivity index (χ3v) is 7.26. The molecule has 3 aromatic heterocycles. The van der Waals surface area contributed by atoms with E-state index in [1.165, 1.54) is 6.07 Å². The molecule has 1 aliphatic rings. The Labute approximate surface area is 227 Å². The van der Waals surface area contributed by atoms with Gasteiger partial charge in [0.05, 0.1) is 11.7 Å². The molecule has 0 unspecified atom stereocenters. The molecule has 0 amide bonds. The van der Waals surface area contributed by atoms with Crippen molar-refractivity contribution >= 4 is 22.8 Å². The Morgan fingerprint density at radius 1 is 0.897 bits per heavy atom. The van der Waals surface area contributed by atoms with Crippen molar-refractivity contribution in [1.82, 2.24) is 34.4 Å². The number of rotatable bonds is 9. The maximum Gasteiger partial charge on any atom is 0.229 e. The standard InChI is InChI=1S/C28H35F2N9/c1-5-36-10-12-37(13-11-36)18-20-8-9-25(31-16-20)34-28-32-17-23(30)26(35-28)21-14-22(29)27-24(15-21)39(19(4)33-27)38(6-2)7-3/h8-9,14-17H,5-7,10-13,18H2,1-4H3,(H,31,32,34,35). The summed E-state index contributed by atoms with van der Waals surface area (Å²) in [5.41, 5.74) is 2.23. The lowest BCUT2D eigenvalue weighted by atomic mass is 10.1. The van der Waals surface area contributed by atoms with Crippen molar-refractivity contribution in [3.8, 4) is 11.3 Å². The maximum atomic E-state index is 15.1. The summed E-state index contributed by atoms with van der Waals surface area (Å²) in [6.07, 6.45) is 2.92. The number of fused-ring (bicyclic) bond motifs is 1. The Morgan fingerprint density at radius 3 is 2.31 bits per heavy atom. The van der Waals surface area contributed by atoms with Crippen LogP contribution in [0, 0.1) is 18.6 Å². The van der Waals surface area contributed by atoms with Crippen LogP contribution in [0.4, 0.5) is 20.5 Å². The average molecular weight is 536 g/mol. The van der Waals surface area contributed by atoms with Crippen molar-refractivity contribution in [2.24, 2.45) is 0 Å². The van der Waals surface area contributed by atoms with E-state index in [2.05, 4.69) is 42.0 Å². The van der Waals surface area contributed by atoms with Gasteiger partial charge in [-0.2, -0.15) is 0 Å². The molecule has 0 saturated carbocycles. The van der Waals surface area contributed by atoms with Crippen molar-refractivity contribution < 1.29 is 8.78 Å². The SMILES string of the molecule is CCN1CCN(Cc2ccc(Nc3ncc(F)c(-c4cc(F)c5nc(C)n(N(CC)CC)c5c4)n3)nc2)CC1. The van der Waals surface area contributed by atoms with Crippen LogP contribution in [0.15, 0.2) is 36.7 Å². The number of hydrogen-bond donors (Lipinski definition) is 1. The van der Waals surface area contributed by atoms with Gasteiger partial charge in [-0.15, -0.1) is 0 Å². The zero-order chi connectivity index (χ0) is 27.5. The summed E-state index contributed by atoms with van der Waals surface area (Å²) < 4.78 is 31.9. The first-order chi connectivity index (χ1) is 18.9. The first kappa shape index (κ1) is 26.9. The fourth-order valence-electron chi connectivity index (χ4n) is 5.10. The van der Waals surface area contributed by atoms with Gasteiger partial charge in [0, 0.05) is 57.6 Å². The fraction of sp³-hybridized carbons (Fsp3) is 0.429. The first-order valence-electron chi connectivity index (χ1n) is 13.5. The van der Waals surface area contributed by atoms with Crippen LogP contribution in [-0.4, -0.2) is 80.2 Å². The molecular formula is C28H35F2N9. The normalized spacial score (nSPS) is 14.7. The van der Waals surface area contributed by atoms with Crippen LogP contribution < -0.4 is 10.3 Å². The van der Waals surface area contributed by atoms with E-state index in [9.17, 15) is 4.39 Å². The summed E-state index contributed by atoms with van der Waals surface area (Å²) >= 11 is 0. The molecule has 1 N–H and O–H groups in total. The number of halogens is 2. The lowest BCUT2D eigenvalue weighted by molar-refractivity contribution is 0.132. The van der Waals surface area contributed by atoms with Gasteiger partial charge in [-0.3, -0.25) is 4.90 Å². The molecule has 39 heavy (non-hydrogen) atoms. The van der Waals surface area contributed by atoms with E-state index in [1.54, 1.807) is 6.07 Å². The van der Waals surface area contributed by atoms with Gasteiger partial charge < -0.3 is 15.2 Å². The predicted octanol–water partition coefficient (Wildman–Crippen LogP) is 4.33. The first-order valence-corrected chi connectivity index (χ1v) is 13.5. The summed E-state index contributed by atoms with van der Waals surface area (Å²) in [5.74, 6) is 0.210.